The normalized spacial score (nSPS) is 14.2. The molecular formula is C124H124N8O4+4. The fraction of sp³-hybridized carbons (Fsp3) is 0.290. The number of pyridine rings is 8. The minimum Gasteiger partial charge on any atom is -0.455 e. The molecule has 12 nitrogen and oxygen atoms in total. The molecule has 12 heteroatoms. The fourth-order valence-electron chi connectivity index (χ4n) is 23.7. The van der Waals surface area contributed by atoms with E-state index < -0.39 is 0 Å². The molecule has 680 valence electrons. The summed E-state index contributed by atoms with van der Waals surface area (Å²) in [5.74, 6) is 1.96. The molecule has 0 unspecified atom stereocenters. The summed E-state index contributed by atoms with van der Waals surface area (Å²) in [7, 11) is 8.56. The molecule has 0 spiro atoms. The monoisotopic (exact) mass is 1790 g/mol. The molecular weight excluding hydrogens is 1670 g/mol. The highest BCUT2D eigenvalue weighted by Gasteiger charge is 2.44. The van der Waals surface area contributed by atoms with Gasteiger partial charge in [0.05, 0.1) is 45.0 Å². The SMILES string of the molecule is Cc1cc(-c2c(C)ccc3c2oc2c4c(ccc23)-c2cccnc2C4(C)C)[n+](C)cc1C(C)C.Cc1cc(-c2c(C)ccc3c2oc2cc4c(cc23)-c2cccnc2C4(C)C)[n+](C)cc1C(C)C.Cc1cc(-c2c(C)ccc3c2oc2cc4c(cc23)C(C)(C)c2ncccc2-4)[n+](C)cc1C(C)C.Cc1cc(-c2c(C)ccc3c2oc2nc4c(cc23)C(C)(C)c2ccccc2-4)[n+](C)cc1C(C)C. The van der Waals surface area contributed by atoms with E-state index in [1.54, 1.807) is 0 Å². The molecule has 20 aromatic rings. The first-order chi connectivity index (χ1) is 64.7. The molecule has 0 radical (unpaired) electrons. The standard InChI is InChI=1S/4C31H31N2O/c1-17(2)24-16-33(7)25(15-19(24)4)26-18(3)10-11-21-22-13-12-20-23-9-8-14-32-30(23)31(5,6)27(20)29(22)34-28(21)26;1-17(2)24-16-33(7)26(13-19(24)4)28-18(3)10-11-20-23-14-25-22(15-27(23)34-29(20)28)21-9-8-12-32-30(21)31(25,5)6;1-17(2)24-16-33(7)26(13-19(24)4)28-18(3)10-11-20-23-14-22-21-9-8-12-32-30(21)31(5,6)25(22)15-27(23)34-29(20)28;1-17(2)23-16-33(7)26(14-19(23)4)27-18(3)12-13-20-22-15-25-28(32-30(22)34-29(20)27)21-10-8-9-11-24(21)31(25,5)6/h4*8-17H,1-7H3/q4*+1. The highest BCUT2D eigenvalue weighted by atomic mass is 16.3. The highest BCUT2D eigenvalue weighted by Crippen LogP contribution is 2.57. The molecule has 12 aromatic heterocycles. The van der Waals surface area contributed by atoms with Gasteiger partial charge in [-0.25, -0.2) is 23.3 Å². The predicted octanol–water partition coefficient (Wildman–Crippen LogP) is 30.1. The second kappa shape index (κ2) is 31.9. The van der Waals surface area contributed by atoms with Crippen LogP contribution in [0.5, 0.6) is 0 Å². The Labute approximate surface area is 798 Å². The molecule has 136 heavy (non-hydrogen) atoms. The molecule has 4 aliphatic carbocycles. The third-order valence-electron chi connectivity index (χ3n) is 31.0. The Kier molecular flexibility index (Phi) is 20.8. The first-order valence-electron chi connectivity index (χ1n) is 48.6. The lowest BCUT2D eigenvalue weighted by atomic mass is 9.82. The molecule has 0 N–H and O–H groups in total. The van der Waals surface area contributed by atoms with Crippen LogP contribution < -0.4 is 18.3 Å². The Bertz CT molecular complexity index is 8140. The number of fused-ring (bicyclic) bond motifs is 25. The topological polar surface area (TPSA) is 120 Å². The van der Waals surface area contributed by atoms with Gasteiger partial charge in [0, 0.05) is 158 Å². The Morgan fingerprint density at radius 2 is 0.603 bits per heavy atom. The molecule has 0 bridgehead atoms. The summed E-state index contributed by atoms with van der Waals surface area (Å²) < 4.78 is 35.8. The van der Waals surface area contributed by atoms with Gasteiger partial charge in [-0.2, -0.15) is 0 Å². The van der Waals surface area contributed by atoms with Crippen LogP contribution in [0.1, 0.15) is 246 Å². The average Bonchev–Trinajstić information content (AvgIpc) is 1.56. The zero-order valence-electron chi connectivity index (χ0n) is 84.3. The summed E-state index contributed by atoms with van der Waals surface area (Å²) in [6.45, 7) is 53.7. The van der Waals surface area contributed by atoms with Crippen LogP contribution in [0.25, 0.3) is 178 Å². The van der Waals surface area contributed by atoms with Crippen LogP contribution in [0.15, 0.2) is 237 Å². The zero-order valence-corrected chi connectivity index (χ0v) is 84.3. The van der Waals surface area contributed by atoms with E-state index in [0.717, 1.165) is 78.2 Å². The number of aromatic nitrogens is 8. The maximum Gasteiger partial charge on any atom is 0.227 e. The molecule has 24 rings (SSSR count). The van der Waals surface area contributed by atoms with Crippen LogP contribution in [-0.4, -0.2) is 19.9 Å². The van der Waals surface area contributed by atoms with E-state index >= 15 is 0 Å². The number of hydrogen-bond acceptors (Lipinski definition) is 8. The first kappa shape index (κ1) is 88.7. The van der Waals surface area contributed by atoms with Crippen molar-refractivity contribution in [3.8, 4) is 89.7 Å². The Morgan fingerprint density at radius 1 is 0.265 bits per heavy atom. The summed E-state index contributed by atoms with van der Waals surface area (Å²) in [6.07, 6.45) is 14.8. The average molecular weight is 1790 g/mol. The number of benzene rings is 8. The van der Waals surface area contributed by atoms with E-state index in [9.17, 15) is 0 Å². The van der Waals surface area contributed by atoms with Crippen molar-refractivity contribution in [2.75, 3.05) is 0 Å². The Hall–Kier alpha value is -13.8. The summed E-state index contributed by atoms with van der Waals surface area (Å²) in [6, 6.07) is 64.2. The molecule has 0 amide bonds. The summed E-state index contributed by atoms with van der Waals surface area (Å²) >= 11 is 0. The first-order valence-corrected chi connectivity index (χ1v) is 48.6. The predicted molar refractivity (Wildman–Crippen MR) is 557 cm³/mol. The van der Waals surface area contributed by atoms with E-state index in [2.05, 4.69) is 395 Å². The Morgan fingerprint density at radius 3 is 1.04 bits per heavy atom. The van der Waals surface area contributed by atoms with E-state index in [1.807, 2.05) is 36.8 Å². The lowest BCUT2D eigenvalue weighted by Gasteiger charge is -2.20. The van der Waals surface area contributed by atoms with Crippen LogP contribution in [0, 0.1) is 55.4 Å². The van der Waals surface area contributed by atoms with Gasteiger partial charge < -0.3 is 17.7 Å². The van der Waals surface area contributed by atoms with Crippen LogP contribution >= 0.6 is 0 Å². The van der Waals surface area contributed by atoms with Gasteiger partial charge in [0.15, 0.2) is 30.4 Å². The van der Waals surface area contributed by atoms with Gasteiger partial charge in [-0.05, 0) is 231 Å². The second-order valence-electron chi connectivity index (χ2n) is 42.8. The molecule has 0 saturated heterocycles. The van der Waals surface area contributed by atoms with E-state index in [4.69, 9.17) is 37.6 Å². The molecule has 0 saturated carbocycles. The molecule has 0 atom stereocenters. The van der Waals surface area contributed by atoms with Crippen LogP contribution in [0.3, 0.4) is 0 Å². The molecule has 0 aliphatic heterocycles. The molecule has 12 heterocycles. The van der Waals surface area contributed by atoms with E-state index in [-0.39, 0.29) is 21.7 Å². The van der Waals surface area contributed by atoms with Gasteiger partial charge in [0.1, 0.15) is 61.7 Å². The maximum absolute atomic E-state index is 6.86. The molecule has 0 fully saturated rings. The van der Waals surface area contributed by atoms with Gasteiger partial charge in [0.25, 0.3) is 0 Å². The van der Waals surface area contributed by atoms with Gasteiger partial charge in [0.2, 0.25) is 28.5 Å². The molecule has 8 aromatic carbocycles. The minimum absolute atomic E-state index is 0.0829. The van der Waals surface area contributed by atoms with E-state index in [1.165, 1.54) is 205 Å². The minimum atomic E-state index is -0.214. The summed E-state index contributed by atoms with van der Waals surface area (Å²) in [4.78, 5) is 19.3. The van der Waals surface area contributed by atoms with Crippen LogP contribution in [0.4, 0.5) is 0 Å². The van der Waals surface area contributed by atoms with Crippen molar-refractivity contribution >= 4 is 87.9 Å². The largest absolute Gasteiger partial charge is 0.455 e. The lowest BCUT2D eigenvalue weighted by Crippen LogP contribution is -2.32. The zero-order chi connectivity index (χ0) is 95.8. The smallest absolute Gasteiger partial charge is 0.227 e. The summed E-state index contributed by atoms with van der Waals surface area (Å²) in [5.41, 5.74) is 51.4. The van der Waals surface area contributed by atoms with E-state index in [0.29, 0.717) is 29.4 Å². The third-order valence-corrected chi connectivity index (χ3v) is 31.0. The highest BCUT2D eigenvalue weighted by molar-refractivity contribution is 6.16. The van der Waals surface area contributed by atoms with Crippen molar-refractivity contribution in [1.29, 1.82) is 0 Å². The maximum atomic E-state index is 6.86. The number of furan rings is 4. The number of aryl methyl sites for hydroxylation is 12. The molecule has 4 aliphatic rings. The van der Waals surface area contributed by atoms with Crippen molar-refractivity contribution in [3.63, 3.8) is 0 Å². The Balaban J connectivity index is 0.000000108. The number of hydrogen-bond donors (Lipinski definition) is 0. The van der Waals surface area contributed by atoms with Crippen LogP contribution in [-0.2, 0) is 49.9 Å². The van der Waals surface area contributed by atoms with Crippen LogP contribution in [0.2, 0.25) is 0 Å². The fourth-order valence-corrected chi connectivity index (χ4v) is 23.7. The van der Waals surface area contributed by atoms with Crippen molar-refractivity contribution in [2.45, 2.75) is 212 Å². The lowest BCUT2D eigenvalue weighted by molar-refractivity contribution is -0.661. The van der Waals surface area contributed by atoms with Crippen molar-refractivity contribution < 1.29 is 35.9 Å². The van der Waals surface area contributed by atoms with Gasteiger partial charge >= 0.3 is 0 Å². The summed E-state index contributed by atoms with van der Waals surface area (Å²) in [5, 5.41) is 9.24. The number of nitrogens with zero attached hydrogens (tertiary/aromatic N) is 8. The quantitative estimate of drug-likeness (QED) is 0.138. The second-order valence-corrected chi connectivity index (χ2v) is 42.8. The van der Waals surface area contributed by atoms with Gasteiger partial charge in [-0.1, -0.05) is 194 Å². The number of rotatable bonds is 8. The third kappa shape index (κ3) is 13.5. The van der Waals surface area contributed by atoms with Crippen molar-refractivity contribution in [1.82, 2.24) is 19.9 Å². The van der Waals surface area contributed by atoms with Crippen molar-refractivity contribution in [3.05, 3.63) is 331 Å². The van der Waals surface area contributed by atoms with Gasteiger partial charge in [-0.15, -0.1) is 0 Å². The van der Waals surface area contributed by atoms with Gasteiger partial charge in [-0.3, -0.25) is 15.0 Å². The van der Waals surface area contributed by atoms with Crippen molar-refractivity contribution in [2.24, 2.45) is 28.2 Å².